The number of nitrogens with two attached hydrogens (primary N) is 1. The number of aromatic nitrogens is 1. The summed E-state index contributed by atoms with van der Waals surface area (Å²) in [6.45, 7) is 6.65. The smallest absolute Gasteiger partial charge is 0.0630 e. The van der Waals surface area contributed by atoms with Crippen molar-refractivity contribution in [1.82, 2.24) is 4.98 Å². The van der Waals surface area contributed by atoms with Crippen molar-refractivity contribution in [1.29, 1.82) is 0 Å². The lowest BCUT2D eigenvalue weighted by atomic mass is 10.00. The monoisotopic (exact) mass is 243 g/mol. The second-order valence-corrected chi connectivity index (χ2v) is 4.94. The molecule has 2 unspecified atom stereocenters. The highest BCUT2D eigenvalue weighted by Gasteiger charge is 2.12. The van der Waals surface area contributed by atoms with Crippen LogP contribution < -0.4 is 11.1 Å². The lowest BCUT2D eigenvalue weighted by Crippen LogP contribution is -2.23. The standard InChI is InChI=1S/C15H21N3/c1-4-10(2)11(3)18-14-6-5-12-9-17-8-7-13(12)15(14)16/h5-11,18H,4,16H2,1-3H3. The van der Waals surface area contributed by atoms with Gasteiger partial charge in [0.1, 0.15) is 0 Å². The van der Waals surface area contributed by atoms with Gasteiger partial charge >= 0.3 is 0 Å². The van der Waals surface area contributed by atoms with Crippen LogP contribution in [0.15, 0.2) is 30.6 Å². The summed E-state index contributed by atoms with van der Waals surface area (Å²) in [5.74, 6) is 0.623. The van der Waals surface area contributed by atoms with Crippen molar-refractivity contribution in [3.63, 3.8) is 0 Å². The lowest BCUT2D eigenvalue weighted by molar-refractivity contribution is 0.495. The third-order valence-electron chi connectivity index (χ3n) is 3.74. The highest BCUT2D eigenvalue weighted by atomic mass is 14.9. The number of pyridine rings is 1. The van der Waals surface area contributed by atoms with Crippen LogP contribution in [0.1, 0.15) is 27.2 Å². The summed E-state index contributed by atoms with van der Waals surface area (Å²) in [7, 11) is 0. The van der Waals surface area contributed by atoms with Crippen LogP contribution in [0.5, 0.6) is 0 Å². The summed E-state index contributed by atoms with van der Waals surface area (Å²) in [6, 6.07) is 6.48. The molecule has 0 amide bonds. The van der Waals surface area contributed by atoms with Crippen LogP contribution in [0.25, 0.3) is 10.8 Å². The molecule has 96 valence electrons. The molecular formula is C15H21N3. The van der Waals surface area contributed by atoms with E-state index in [4.69, 9.17) is 5.73 Å². The average Bonchev–Trinajstić information content (AvgIpc) is 2.41. The zero-order chi connectivity index (χ0) is 13.1. The van der Waals surface area contributed by atoms with Crippen molar-refractivity contribution in [2.24, 2.45) is 5.92 Å². The van der Waals surface area contributed by atoms with Gasteiger partial charge in [-0.1, -0.05) is 26.3 Å². The molecule has 0 spiro atoms. The Bertz CT molecular complexity index is 536. The molecule has 0 aliphatic heterocycles. The summed E-state index contributed by atoms with van der Waals surface area (Å²) in [6.07, 6.45) is 4.78. The van der Waals surface area contributed by atoms with Crippen LogP contribution in [0.4, 0.5) is 11.4 Å². The minimum atomic E-state index is 0.414. The zero-order valence-electron chi connectivity index (χ0n) is 11.3. The molecule has 1 aromatic carbocycles. The van der Waals surface area contributed by atoms with Crippen LogP contribution in [0, 0.1) is 5.92 Å². The van der Waals surface area contributed by atoms with Gasteiger partial charge in [0.15, 0.2) is 0 Å². The summed E-state index contributed by atoms with van der Waals surface area (Å²) in [4.78, 5) is 4.11. The van der Waals surface area contributed by atoms with E-state index in [1.54, 1.807) is 6.20 Å². The van der Waals surface area contributed by atoms with E-state index in [1.165, 1.54) is 0 Å². The average molecular weight is 243 g/mol. The molecule has 2 atom stereocenters. The van der Waals surface area contributed by atoms with Crippen molar-refractivity contribution in [3.8, 4) is 0 Å². The van der Waals surface area contributed by atoms with Crippen LogP contribution in [0.2, 0.25) is 0 Å². The highest BCUT2D eigenvalue weighted by molar-refractivity contribution is 5.98. The second kappa shape index (κ2) is 5.25. The van der Waals surface area contributed by atoms with E-state index in [2.05, 4.69) is 37.1 Å². The number of anilines is 2. The molecule has 3 nitrogen and oxygen atoms in total. The zero-order valence-corrected chi connectivity index (χ0v) is 11.3. The van der Waals surface area contributed by atoms with E-state index in [0.717, 1.165) is 28.6 Å². The van der Waals surface area contributed by atoms with Gasteiger partial charge in [0.05, 0.1) is 11.4 Å². The molecule has 0 fully saturated rings. The van der Waals surface area contributed by atoms with Crippen LogP contribution >= 0.6 is 0 Å². The van der Waals surface area contributed by atoms with Crippen molar-refractivity contribution in [3.05, 3.63) is 30.6 Å². The van der Waals surface area contributed by atoms with E-state index in [-0.39, 0.29) is 0 Å². The van der Waals surface area contributed by atoms with Crippen molar-refractivity contribution < 1.29 is 0 Å². The van der Waals surface area contributed by atoms with Gasteiger partial charge in [-0.2, -0.15) is 0 Å². The predicted octanol–water partition coefficient (Wildman–Crippen LogP) is 3.66. The first-order chi connectivity index (χ1) is 8.63. The molecular weight excluding hydrogens is 222 g/mol. The van der Waals surface area contributed by atoms with Crippen molar-refractivity contribution in [2.75, 3.05) is 11.1 Å². The van der Waals surface area contributed by atoms with Crippen LogP contribution in [-0.4, -0.2) is 11.0 Å². The van der Waals surface area contributed by atoms with Crippen molar-refractivity contribution >= 4 is 22.1 Å². The number of fused-ring (bicyclic) bond motifs is 1. The van der Waals surface area contributed by atoms with E-state index in [1.807, 2.05) is 18.3 Å². The van der Waals surface area contributed by atoms with Gasteiger partial charge < -0.3 is 11.1 Å². The molecule has 0 aliphatic rings. The Morgan fingerprint density at radius 1 is 1.28 bits per heavy atom. The van der Waals surface area contributed by atoms with Crippen LogP contribution in [-0.2, 0) is 0 Å². The second-order valence-electron chi connectivity index (χ2n) is 4.94. The minimum Gasteiger partial charge on any atom is -0.397 e. The van der Waals surface area contributed by atoms with E-state index < -0.39 is 0 Å². The molecule has 0 bridgehead atoms. The molecule has 1 aromatic heterocycles. The molecule has 0 aliphatic carbocycles. The third kappa shape index (κ3) is 2.40. The van der Waals surface area contributed by atoms with Gasteiger partial charge in [-0.05, 0) is 25.0 Å². The fourth-order valence-corrected chi connectivity index (χ4v) is 2.06. The Hall–Kier alpha value is -1.77. The van der Waals surface area contributed by atoms with E-state index in [9.17, 15) is 0 Å². The van der Waals surface area contributed by atoms with Gasteiger partial charge in [-0.15, -0.1) is 0 Å². The number of nitrogen functional groups attached to an aromatic ring is 1. The minimum absolute atomic E-state index is 0.414. The summed E-state index contributed by atoms with van der Waals surface area (Å²) in [5, 5.41) is 5.65. The van der Waals surface area contributed by atoms with Gasteiger partial charge in [0.25, 0.3) is 0 Å². The molecule has 1 heterocycles. The molecule has 3 heteroatoms. The van der Waals surface area contributed by atoms with E-state index >= 15 is 0 Å². The first-order valence-corrected chi connectivity index (χ1v) is 6.52. The molecule has 0 radical (unpaired) electrons. The van der Waals surface area contributed by atoms with Gasteiger partial charge in [0.2, 0.25) is 0 Å². The Kier molecular flexibility index (Phi) is 3.70. The van der Waals surface area contributed by atoms with Gasteiger partial charge in [-0.25, -0.2) is 0 Å². The maximum atomic E-state index is 6.22. The summed E-state index contributed by atoms with van der Waals surface area (Å²) >= 11 is 0. The summed E-state index contributed by atoms with van der Waals surface area (Å²) < 4.78 is 0. The predicted molar refractivity (Wildman–Crippen MR) is 78.7 cm³/mol. The number of benzene rings is 1. The molecule has 0 saturated heterocycles. The fourth-order valence-electron chi connectivity index (χ4n) is 2.06. The molecule has 2 rings (SSSR count). The van der Waals surface area contributed by atoms with E-state index in [0.29, 0.717) is 12.0 Å². The Morgan fingerprint density at radius 3 is 2.78 bits per heavy atom. The van der Waals surface area contributed by atoms with Crippen LogP contribution in [0.3, 0.4) is 0 Å². The maximum Gasteiger partial charge on any atom is 0.0630 e. The Labute approximate surface area is 108 Å². The Balaban J connectivity index is 2.32. The number of hydrogen-bond acceptors (Lipinski definition) is 3. The lowest BCUT2D eigenvalue weighted by Gasteiger charge is -2.22. The number of nitrogens with one attached hydrogen (secondary N) is 1. The first kappa shape index (κ1) is 12.7. The highest BCUT2D eigenvalue weighted by Crippen LogP contribution is 2.29. The molecule has 2 aromatic rings. The van der Waals surface area contributed by atoms with Crippen molar-refractivity contribution in [2.45, 2.75) is 33.2 Å². The summed E-state index contributed by atoms with van der Waals surface area (Å²) in [5.41, 5.74) is 8.04. The first-order valence-electron chi connectivity index (χ1n) is 6.52. The van der Waals surface area contributed by atoms with Gasteiger partial charge in [0, 0.05) is 29.2 Å². The topological polar surface area (TPSA) is 50.9 Å². The number of hydrogen-bond donors (Lipinski definition) is 2. The quantitative estimate of drug-likeness (QED) is 0.806. The largest absolute Gasteiger partial charge is 0.397 e. The molecule has 18 heavy (non-hydrogen) atoms. The van der Waals surface area contributed by atoms with Gasteiger partial charge in [-0.3, -0.25) is 4.98 Å². The molecule has 0 saturated carbocycles. The Morgan fingerprint density at radius 2 is 2.06 bits per heavy atom. The fraction of sp³-hybridized carbons (Fsp3) is 0.400. The number of nitrogens with zero attached hydrogens (tertiary/aromatic N) is 1. The normalized spacial score (nSPS) is 14.4. The number of rotatable bonds is 4. The third-order valence-corrected chi connectivity index (χ3v) is 3.74. The maximum absolute atomic E-state index is 6.22. The molecule has 3 N–H and O–H groups in total. The SMILES string of the molecule is CCC(C)C(C)Nc1ccc2cnccc2c1N.